The van der Waals surface area contributed by atoms with Crippen LogP contribution in [0.25, 0.3) is 0 Å². The third kappa shape index (κ3) is 5.53. The second-order valence-corrected chi connectivity index (χ2v) is 12.3. The van der Waals surface area contributed by atoms with Crippen molar-refractivity contribution in [2.45, 2.75) is 100 Å². The van der Waals surface area contributed by atoms with Gasteiger partial charge >= 0.3 is 29.1 Å². The van der Waals surface area contributed by atoms with Crippen LogP contribution in [0.3, 0.4) is 0 Å². The summed E-state index contributed by atoms with van der Waals surface area (Å²) in [5, 5.41) is -5.19. The van der Waals surface area contributed by atoms with Crippen LogP contribution >= 0.6 is 0 Å². The standard InChI is InChI=1S/C24H31F3O12S/c1-11(2)23(8-3-4-9-23)39-22(31)16-15-17-20(38-21(15)30)19(18(16)37-17)36-14(29)6-5-13(28)35-10-7-12(25)24(26,27)40(32,33)34/h11-12,15-20H,3-10H2,1-2H3,(H,32,33,34)/p-1. The van der Waals surface area contributed by atoms with Crippen LogP contribution in [0.15, 0.2) is 0 Å². The molecule has 0 aromatic carbocycles. The number of carbonyl (C=O) groups excluding carboxylic acids is 4. The molecule has 1 aliphatic carbocycles. The van der Waals surface area contributed by atoms with Gasteiger partial charge in [-0.2, -0.15) is 8.78 Å². The number of alkyl halides is 3. The summed E-state index contributed by atoms with van der Waals surface area (Å²) in [4.78, 5) is 50.1. The summed E-state index contributed by atoms with van der Waals surface area (Å²) in [6.07, 6.45) is -6.52. The third-order valence-corrected chi connectivity index (χ3v) is 9.04. The molecule has 4 fully saturated rings. The lowest BCUT2D eigenvalue weighted by atomic mass is 9.78. The van der Waals surface area contributed by atoms with Gasteiger partial charge in [-0.3, -0.25) is 19.2 Å². The summed E-state index contributed by atoms with van der Waals surface area (Å²) in [7, 11) is -6.25. The number of fused-ring (bicyclic) bond motifs is 1. The van der Waals surface area contributed by atoms with Gasteiger partial charge < -0.3 is 28.2 Å². The summed E-state index contributed by atoms with van der Waals surface area (Å²) < 4.78 is 98.0. The maximum absolute atomic E-state index is 13.4. The fraction of sp³-hybridized carbons (Fsp3) is 0.833. The number of ether oxygens (including phenoxy) is 5. The number of esters is 4. The molecule has 2 bridgehead atoms. The second-order valence-electron chi connectivity index (χ2n) is 10.8. The zero-order valence-electron chi connectivity index (χ0n) is 21.7. The van der Waals surface area contributed by atoms with Crippen LogP contribution in [0.4, 0.5) is 13.2 Å². The predicted molar refractivity (Wildman–Crippen MR) is 122 cm³/mol. The molecule has 7 atom stereocenters. The molecule has 16 heteroatoms. The van der Waals surface area contributed by atoms with Crippen molar-refractivity contribution in [3.8, 4) is 0 Å². The number of halogens is 3. The normalized spacial score (nSPS) is 31.2. The van der Waals surface area contributed by atoms with Gasteiger partial charge in [0, 0.05) is 6.42 Å². The molecule has 0 aromatic heterocycles. The van der Waals surface area contributed by atoms with E-state index >= 15 is 0 Å². The fourth-order valence-electron chi connectivity index (χ4n) is 5.87. The Bertz CT molecular complexity index is 1140. The Hall–Kier alpha value is -2.46. The van der Waals surface area contributed by atoms with E-state index in [4.69, 9.17) is 18.9 Å². The molecule has 40 heavy (non-hydrogen) atoms. The van der Waals surface area contributed by atoms with Crippen molar-refractivity contribution in [1.29, 1.82) is 0 Å². The highest BCUT2D eigenvalue weighted by atomic mass is 32.2. The Morgan fingerprint density at radius 3 is 2.33 bits per heavy atom. The van der Waals surface area contributed by atoms with Crippen molar-refractivity contribution < 1.29 is 69.0 Å². The quantitative estimate of drug-likeness (QED) is 0.180. The topological polar surface area (TPSA) is 172 Å². The Balaban J connectivity index is 1.29. The van der Waals surface area contributed by atoms with Gasteiger partial charge in [-0.25, -0.2) is 12.8 Å². The van der Waals surface area contributed by atoms with Crippen LogP contribution in [-0.2, 0) is 53.0 Å². The molecule has 4 rings (SSSR count). The third-order valence-electron chi connectivity index (χ3n) is 8.12. The molecule has 3 heterocycles. The van der Waals surface area contributed by atoms with E-state index in [0.717, 1.165) is 12.8 Å². The highest BCUT2D eigenvalue weighted by molar-refractivity contribution is 7.86. The van der Waals surface area contributed by atoms with Crippen molar-refractivity contribution in [1.82, 2.24) is 0 Å². The van der Waals surface area contributed by atoms with E-state index in [1.807, 2.05) is 13.8 Å². The smallest absolute Gasteiger partial charge is 0.364 e. The van der Waals surface area contributed by atoms with Crippen molar-refractivity contribution >= 4 is 34.0 Å². The first-order chi connectivity index (χ1) is 18.6. The lowest BCUT2D eigenvalue weighted by Crippen LogP contribution is -2.50. The molecule has 0 spiro atoms. The van der Waals surface area contributed by atoms with Crippen LogP contribution in [0.5, 0.6) is 0 Å². The predicted octanol–water partition coefficient (Wildman–Crippen LogP) is 1.54. The first-order valence-corrected chi connectivity index (χ1v) is 14.4. The molecule has 7 unspecified atom stereocenters. The Labute approximate surface area is 227 Å². The van der Waals surface area contributed by atoms with E-state index in [0.29, 0.717) is 12.8 Å². The average molecular weight is 600 g/mol. The molecule has 0 radical (unpaired) electrons. The van der Waals surface area contributed by atoms with E-state index in [1.54, 1.807) is 0 Å². The number of hydrogen-bond donors (Lipinski definition) is 0. The van der Waals surface area contributed by atoms with E-state index in [2.05, 4.69) is 4.74 Å². The van der Waals surface area contributed by atoms with E-state index < -0.39 is 113 Å². The van der Waals surface area contributed by atoms with Crippen LogP contribution < -0.4 is 0 Å². The highest BCUT2D eigenvalue weighted by Gasteiger charge is 2.72. The van der Waals surface area contributed by atoms with Gasteiger partial charge in [0.15, 0.2) is 28.5 Å². The summed E-state index contributed by atoms with van der Waals surface area (Å²) in [5.74, 6) is -5.22. The highest BCUT2D eigenvalue weighted by Crippen LogP contribution is 2.52. The SMILES string of the molecule is CC(C)C1(OC(=O)C2C3OC4C(OC(=O)C42)C3OC(=O)CCC(=O)OCCC(F)C(F)(F)S(=O)(=O)[O-])CCCC1. The minimum Gasteiger partial charge on any atom is -0.743 e. The molecule has 0 amide bonds. The van der Waals surface area contributed by atoms with Crippen LogP contribution in [0.1, 0.15) is 58.8 Å². The van der Waals surface area contributed by atoms with Crippen molar-refractivity contribution in [2.24, 2.45) is 17.8 Å². The zero-order valence-corrected chi connectivity index (χ0v) is 22.5. The fourth-order valence-corrected chi connectivity index (χ4v) is 6.30. The maximum atomic E-state index is 13.4. The second kappa shape index (κ2) is 11.1. The average Bonchev–Trinajstić information content (AvgIpc) is 3.60. The Kier molecular flexibility index (Phi) is 8.45. The Morgan fingerprint density at radius 1 is 1.10 bits per heavy atom. The van der Waals surface area contributed by atoms with Crippen LogP contribution in [-0.4, -0.2) is 84.9 Å². The molecule has 1 saturated carbocycles. The molecule has 3 saturated heterocycles. The number of hydrogen-bond acceptors (Lipinski definition) is 12. The molecule has 0 aromatic rings. The van der Waals surface area contributed by atoms with Crippen molar-refractivity contribution in [3.63, 3.8) is 0 Å². The molecular weight excluding hydrogens is 569 g/mol. The lowest BCUT2D eigenvalue weighted by molar-refractivity contribution is -0.177. The zero-order chi connectivity index (χ0) is 29.6. The minimum atomic E-state index is -6.25. The summed E-state index contributed by atoms with van der Waals surface area (Å²) >= 11 is 0. The van der Waals surface area contributed by atoms with Gasteiger partial charge in [-0.1, -0.05) is 13.8 Å². The summed E-state index contributed by atoms with van der Waals surface area (Å²) in [5.41, 5.74) is -0.658. The van der Waals surface area contributed by atoms with Gasteiger partial charge in [0.25, 0.3) is 0 Å². The monoisotopic (exact) mass is 599 g/mol. The van der Waals surface area contributed by atoms with Crippen LogP contribution in [0.2, 0.25) is 0 Å². The first kappa shape index (κ1) is 30.5. The molecule has 226 valence electrons. The molecule has 3 aliphatic heterocycles. The van der Waals surface area contributed by atoms with Gasteiger partial charge in [0.1, 0.15) is 29.6 Å². The largest absolute Gasteiger partial charge is 0.743 e. The van der Waals surface area contributed by atoms with E-state index in [-0.39, 0.29) is 5.92 Å². The number of carbonyl (C=O) groups is 4. The Morgan fingerprint density at radius 2 is 1.73 bits per heavy atom. The van der Waals surface area contributed by atoms with Gasteiger partial charge in [-0.05, 0) is 31.6 Å². The van der Waals surface area contributed by atoms with Crippen LogP contribution in [0, 0.1) is 17.8 Å². The lowest BCUT2D eigenvalue weighted by Gasteiger charge is -2.36. The van der Waals surface area contributed by atoms with Crippen molar-refractivity contribution in [2.75, 3.05) is 6.61 Å². The minimum absolute atomic E-state index is 0.0436. The molecule has 12 nitrogen and oxygen atoms in total. The molecule has 4 aliphatic rings. The van der Waals surface area contributed by atoms with Gasteiger partial charge in [0.05, 0.1) is 19.4 Å². The van der Waals surface area contributed by atoms with Gasteiger partial charge in [-0.15, -0.1) is 0 Å². The summed E-state index contributed by atoms with van der Waals surface area (Å²) in [6, 6.07) is 0. The maximum Gasteiger partial charge on any atom is 0.364 e. The van der Waals surface area contributed by atoms with E-state index in [1.165, 1.54) is 0 Å². The molecule has 0 N–H and O–H groups in total. The summed E-state index contributed by atoms with van der Waals surface area (Å²) in [6.45, 7) is 2.93. The van der Waals surface area contributed by atoms with Gasteiger partial charge in [0.2, 0.25) is 0 Å². The number of rotatable bonds is 12. The molecular formula is C24H30F3O12S-. The first-order valence-electron chi connectivity index (χ1n) is 13.0. The van der Waals surface area contributed by atoms with Crippen molar-refractivity contribution in [3.05, 3.63) is 0 Å². The van der Waals surface area contributed by atoms with E-state index in [9.17, 15) is 45.3 Å².